The van der Waals surface area contributed by atoms with Gasteiger partial charge in [0.05, 0.1) is 0 Å². The van der Waals surface area contributed by atoms with E-state index in [0.29, 0.717) is 30.2 Å². The Labute approximate surface area is 159 Å². The first-order valence-corrected chi connectivity index (χ1v) is 9.00. The minimum absolute atomic E-state index is 0.189. The molecule has 1 amide bonds. The number of hydrogen-bond acceptors (Lipinski definition) is 3. The Balaban J connectivity index is 1.73. The lowest BCUT2D eigenvalue weighted by atomic mass is 10.1. The van der Waals surface area contributed by atoms with Crippen LogP contribution in [0.15, 0.2) is 79.4 Å². The SMILES string of the molecule is C=CCOc1cccc(NC(=O)[C@@H](CC)Oc2cccc3ccccc23)c1. The monoisotopic (exact) mass is 361 g/mol. The van der Waals surface area contributed by atoms with Gasteiger partial charge in [0, 0.05) is 17.1 Å². The van der Waals surface area contributed by atoms with Crippen LogP contribution in [0.4, 0.5) is 5.69 Å². The zero-order valence-electron chi connectivity index (χ0n) is 15.4. The molecule has 0 unspecified atom stereocenters. The van der Waals surface area contributed by atoms with Gasteiger partial charge in [0.25, 0.3) is 5.91 Å². The average molecular weight is 361 g/mol. The molecule has 0 aromatic heterocycles. The number of nitrogens with one attached hydrogen (secondary N) is 1. The Morgan fingerprint density at radius 2 is 1.89 bits per heavy atom. The predicted molar refractivity (Wildman–Crippen MR) is 109 cm³/mol. The number of ether oxygens (including phenoxy) is 2. The minimum atomic E-state index is -0.589. The van der Waals surface area contributed by atoms with Crippen LogP contribution in [0.1, 0.15) is 13.3 Å². The lowest BCUT2D eigenvalue weighted by molar-refractivity contribution is -0.122. The Kier molecular flexibility index (Phi) is 6.10. The van der Waals surface area contributed by atoms with Crippen molar-refractivity contribution < 1.29 is 14.3 Å². The average Bonchev–Trinajstić information content (AvgIpc) is 2.70. The van der Waals surface area contributed by atoms with Gasteiger partial charge in [0.2, 0.25) is 0 Å². The number of fused-ring (bicyclic) bond motifs is 1. The molecule has 0 saturated heterocycles. The second-order valence-electron chi connectivity index (χ2n) is 6.11. The number of carbonyl (C=O) groups excluding carboxylic acids is 1. The van der Waals surface area contributed by atoms with E-state index < -0.39 is 6.10 Å². The zero-order chi connectivity index (χ0) is 19.1. The van der Waals surface area contributed by atoms with Crippen LogP contribution in [0.25, 0.3) is 10.8 Å². The van der Waals surface area contributed by atoms with Gasteiger partial charge in [-0.15, -0.1) is 0 Å². The van der Waals surface area contributed by atoms with Gasteiger partial charge in [-0.05, 0) is 30.0 Å². The summed E-state index contributed by atoms with van der Waals surface area (Å²) in [6, 6.07) is 21.1. The van der Waals surface area contributed by atoms with Gasteiger partial charge in [-0.3, -0.25) is 4.79 Å². The Morgan fingerprint density at radius 1 is 1.11 bits per heavy atom. The second-order valence-corrected chi connectivity index (χ2v) is 6.11. The minimum Gasteiger partial charge on any atom is -0.489 e. The molecule has 4 heteroatoms. The van der Waals surface area contributed by atoms with E-state index in [0.717, 1.165) is 10.8 Å². The number of benzene rings is 3. The Bertz CT molecular complexity index is 930. The highest BCUT2D eigenvalue weighted by Crippen LogP contribution is 2.27. The van der Waals surface area contributed by atoms with Gasteiger partial charge in [0.1, 0.15) is 18.1 Å². The van der Waals surface area contributed by atoms with Crippen LogP contribution in [0.5, 0.6) is 11.5 Å². The van der Waals surface area contributed by atoms with E-state index in [-0.39, 0.29) is 5.91 Å². The largest absolute Gasteiger partial charge is 0.489 e. The van der Waals surface area contributed by atoms with Crippen LogP contribution in [-0.4, -0.2) is 18.6 Å². The van der Waals surface area contributed by atoms with E-state index >= 15 is 0 Å². The van der Waals surface area contributed by atoms with Crippen molar-refractivity contribution in [2.24, 2.45) is 0 Å². The summed E-state index contributed by atoms with van der Waals surface area (Å²) in [5, 5.41) is 4.98. The second kappa shape index (κ2) is 8.90. The van der Waals surface area contributed by atoms with Crippen molar-refractivity contribution in [1.82, 2.24) is 0 Å². The summed E-state index contributed by atoms with van der Waals surface area (Å²) in [5.74, 6) is 1.19. The molecule has 1 N–H and O–H groups in total. The van der Waals surface area contributed by atoms with E-state index in [9.17, 15) is 4.79 Å². The summed E-state index contributed by atoms with van der Waals surface area (Å²) >= 11 is 0. The van der Waals surface area contributed by atoms with Crippen LogP contribution < -0.4 is 14.8 Å². The lowest BCUT2D eigenvalue weighted by Crippen LogP contribution is -2.32. The quantitative estimate of drug-likeness (QED) is 0.561. The van der Waals surface area contributed by atoms with Gasteiger partial charge in [-0.1, -0.05) is 62.0 Å². The number of rotatable bonds is 8. The summed E-state index contributed by atoms with van der Waals surface area (Å²) < 4.78 is 11.6. The topological polar surface area (TPSA) is 47.6 Å². The molecule has 0 saturated carbocycles. The number of hydrogen-bond donors (Lipinski definition) is 1. The number of amides is 1. The van der Waals surface area contributed by atoms with E-state index in [4.69, 9.17) is 9.47 Å². The van der Waals surface area contributed by atoms with Crippen molar-refractivity contribution >= 4 is 22.4 Å². The molecule has 0 spiro atoms. The molecule has 3 aromatic rings. The summed E-state index contributed by atoms with van der Waals surface area (Å²) in [4.78, 5) is 12.7. The summed E-state index contributed by atoms with van der Waals surface area (Å²) in [5.41, 5.74) is 0.668. The van der Waals surface area contributed by atoms with Gasteiger partial charge in [-0.25, -0.2) is 0 Å². The van der Waals surface area contributed by atoms with Crippen molar-refractivity contribution in [3.05, 3.63) is 79.4 Å². The van der Waals surface area contributed by atoms with Crippen LogP contribution in [0.2, 0.25) is 0 Å². The molecule has 4 nitrogen and oxygen atoms in total. The highest BCUT2D eigenvalue weighted by Gasteiger charge is 2.19. The molecular weight excluding hydrogens is 338 g/mol. The fourth-order valence-corrected chi connectivity index (χ4v) is 2.82. The first-order valence-electron chi connectivity index (χ1n) is 9.00. The molecule has 0 aliphatic rings. The Hall–Kier alpha value is -3.27. The van der Waals surface area contributed by atoms with Crippen molar-refractivity contribution in [1.29, 1.82) is 0 Å². The van der Waals surface area contributed by atoms with E-state index in [1.165, 1.54) is 0 Å². The molecule has 3 rings (SSSR count). The molecule has 27 heavy (non-hydrogen) atoms. The van der Waals surface area contributed by atoms with E-state index in [1.54, 1.807) is 12.1 Å². The number of anilines is 1. The fourth-order valence-electron chi connectivity index (χ4n) is 2.82. The van der Waals surface area contributed by atoms with Gasteiger partial charge in [-0.2, -0.15) is 0 Å². The van der Waals surface area contributed by atoms with E-state index in [2.05, 4.69) is 11.9 Å². The highest BCUT2D eigenvalue weighted by atomic mass is 16.5. The van der Waals surface area contributed by atoms with Crippen molar-refractivity contribution in [3.63, 3.8) is 0 Å². The molecule has 3 aromatic carbocycles. The summed E-state index contributed by atoms with van der Waals surface area (Å²) in [7, 11) is 0. The van der Waals surface area contributed by atoms with Crippen molar-refractivity contribution in [2.45, 2.75) is 19.4 Å². The Morgan fingerprint density at radius 3 is 2.70 bits per heavy atom. The maximum absolute atomic E-state index is 12.7. The third-order valence-electron chi connectivity index (χ3n) is 4.15. The normalized spacial score (nSPS) is 11.6. The molecule has 0 radical (unpaired) electrons. The van der Waals surface area contributed by atoms with Crippen molar-refractivity contribution in [2.75, 3.05) is 11.9 Å². The maximum atomic E-state index is 12.7. The molecule has 138 valence electrons. The molecule has 1 atom stereocenters. The third-order valence-corrected chi connectivity index (χ3v) is 4.15. The highest BCUT2D eigenvalue weighted by molar-refractivity contribution is 5.95. The summed E-state index contributed by atoms with van der Waals surface area (Å²) in [6.45, 7) is 5.98. The standard InChI is InChI=1S/C23H23NO3/c1-3-15-26-19-12-8-11-18(16-19)24-23(25)21(4-2)27-22-14-7-10-17-9-5-6-13-20(17)22/h3,5-14,16,21H,1,4,15H2,2H3,(H,24,25)/t21-/m1/s1. The smallest absolute Gasteiger partial charge is 0.265 e. The van der Waals surface area contributed by atoms with Crippen LogP contribution in [-0.2, 0) is 4.79 Å². The molecule has 0 heterocycles. The van der Waals surface area contributed by atoms with Gasteiger partial charge in [0.15, 0.2) is 6.10 Å². The van der Waals surface area contributed by atoms with E-state index in [1.807, 2.05) is 67.6 Å². The molecule has 0 bridgehead atoms. The van der Waals surface area contributed by atoms with Crippen LogP contribution >= 0.6 is 0 Å². The first-order chi connectivity index (χ1) is 13.2. The molecule has 0 aliphatic heterocycles. The summed E-state index contributed by atoms with van der Waals surface area (Å²) in [6.07, 6.45) is 1.64. The van der Waals surface area contributed by atoms with Gasteiger partial charge < -0.3 is 14.8 Å². The number of carbonyl (C=O) groups is 1. The van der Waals surface area contributed by atoms with Crippen molar-refractivity contribution in [3.8, 4) is 11.5 Å². The molecular formula is C23H23NO3. The first kappa shape index (κ1) is 18.5. The fraction of sp³-hybridized carbons (Fsp3) is 0.174. The molecule has 0 aliphatic carbocycles. The zero-order valence-corrected chi connectivity index (χ0v) is 15.4. The third kappa shape index (κ3) is 4.67. The van der Waals surface area contributed by atoms with Crippen LogP contribution in [0.3, 0.4) is 0 Å². The molecule has 0 fully saturated rings. The van der Waals surface area contributed by atoms with Crippen LogP contribution in [0, 0.1) is 0 Å². The lowest BCUT2D eigenvalue weighted by Gasteiger charge is -2.19. The predicted octanol–water partition coefficient (Wildman–Crippen LogP) is 5.20. The maximum Gasteiger partial charge on any atom is 0.265 e. The van der Waals surface area contributed by atoms with Gasteiger partial charge >= 0.3 is 0 Å².